The number of hydrogen-bond donors (Lipinski definition) is 0. The highest BCUT2D eigenvalue weighted by molar-refractivity contribution is 6.32. The lowest BCUT2D eigenvalue weighted by Crippen LogP contribution is -2.09. The van der Waals surface area contributed by atoms with E-state index >= 15 is 0 Å². The standard InChI is InChI=1S/C33H24N2/c1-34(23-12-4-2-5-13-23)25-20-21-30-31(22-25)35(24-14-6-3-7-15-24)33-29-19-11-9-17-27(29)26-16-8-10-18-28(26)32(30)33/h2-22H,1H3. The van der Waals surface area contributed by atoms with E-state index in [-0.39, 0.29) is 0 Å². The van der Waals surface area contributed by atoms with E-state index in [1.165, 1.54) is 54.7 Å². The van der Waals surface area contributed by atoms with Crippen LogP contribution in [0.15, 0.2) is 127 Å². The Morgan fingerprint density at radius 1 is 0.486 bits per heavy atom. The van der Waals surface area contributed by atoms with Crippen LogP contribution in [-0.4, -0.2) is 11.6 Å². The molecule has 0 atom stereocenters. The van der Waals surface area contributed by atoms with Gasteiger partial charge in [0.15, 0.2) is 0 Å². The number of benzene rings is 6. The van der Waals surface area contributed by atoms with Crippen molar-refractivity contribution in [1.82, 2.24) is 4.57 Å². The fourth-order valence-electron chi connectivity index (χ4n) is 5.52. The van der Waals surface area contributed by atoms with Gasteiger partial charge in [0.05, 0.1) is 11.0 Å². The van der Waals surface area contributed by atoms with Crippen molar-refractivity contribution >= 4 is 54.7 Å². The van der Waals surface area contributed by atoms with Crippen LogP contribution in [0.3, 0.4) is 0 Å². The van der Waals surface area contributed by atoms with Gasteiger partial charge in [0.25, 0.3) is 0 Å². The summed E-state index contributed by atoms with van der Waals surface area (Å²) in [6, 6.07) is 45.8. The second-order valence-corrected chi connectivity index (χ2v) is 9.08. The van der Waals surface area contributed by atoms with Crippen LogP contribution in [0.25, 0.3) is 49.0 Å². The van der Waals surface area contributed by atoms with Crippen LogP contribution in [0.1, 0.15) is 0 Å². The molecular formula is C33H24N2. The average Bonchev–Trinajstić information content (AvgIpc) is 3.28. The van der Waals surface area contributed by atoms with Gasteiger partial charge in [-0.3, -0.25) is 0 Å². The third-order valence-electron chi connectivity index (χ3n) is 7.17. The lowest BCUT2D eigenvalue weighted by molar-refractivity contribution is 1.17. The summed E-state index contributed by atoms with van der Waals surface area (Å²) in [6.45, 7) is 0. The molecule has 0 unspecified atom stereocenters. The molecule has 0 fully saturated rings. The van der Waals surface area contributed by atoms with E-state index < -0.39 is 0 Å². The number of anilines is 2. The maximum atomic E-state index is 2.45. The molecule has 0 bridgehead atoms. The lowest BCUT2D eigenvalue weighted by Gasteiger charge is -2.20. The van der Waals surface area contributed by atoms with Crippen molar-refractivity contribution < 1.29 is 0 Å². The van der Waals surface area contributed by atoms with E-state index in [0.717, 1.165) is 5.69 Å². The minimum Gasteiger partial charge on any atom is -0.345 e. The SMILES string of the molecule is CN(c1ccccc1)c1ccc2c3c4ccccc4c4ccccc4c3n(-c3ccccc3)c2c1. The number of fused-ring (bicyclic) bond motifs is 8. The van der Waals surface area contributed by atoms with Crippen LogP contribution in [0.2, 0.25) is 0 Å². The first-order valence-electron chi connectivity index (χ1n) is 12.0. The summed E-state index contributed by atoms with van der Waals surface area (Å²) in [7, 11) is 2.14. The molecule has 35 heavy (non-hydrogen) atoms. The lowest BCUT2D eigenvalue weighted by atomic mass is 9.97. The Bertz CT molecular complexity index is 1850. The molecule has 0 aliphatic heterocycles. The van der Waals surface area contributed by atoms with Crippen molar-refractivity contribution in [2.75, 3.05) is 11.9 Å². The predicted octanol–water partition coefficient (Wildman–Crippen LogP) is 8.86. The first-order chi connectivity index (χ1) is 17.3. The summed E-state index contributed by atoms with van der Waals surface area (Å²) >= 11 is 0. The first-order valence-corrected chi connectivity index (χ1v) is 12.0. The van der Waals surface area contributed by atoms with Gasteiger partial charge in [0.2, 0.25) is 0 Å². The molecule has 166 valence electrons. The summed E-state index contributed by atoms with van der Waals surface area (Å²) in [6.07, 6.45) is 0. The number of para-hydroxylation sites is 2. The molecular weight excluding hydrogens is 424 g/mol. The van der Waals surface area contributed by atoms with Crippen LogP contribution in [0.4, 0.5) is 11.4 Å². The van der Waals surface area contributed by atoms with Crippen molar-refractivity contribution in [1.29, 1.82) is 0 Å². The van der Waals surface area contributed by atoms with Gasteiger partial charge in [-0.15, -0.1) is 0 Å². The summed E-state index contributed by atoms with van der Waals surface area (Å²) in [5.74, 6) is 0. The maximum Gasteiger partial charge on any atom is 0.0625 e. The monoisotopic (exact) mass is 448 g/mol. The van der Waals surface area contributed by atoms with Crippen molar-refractivity contribution in [2.24, 2.45) is 0 Å². The molecule has 1 aromatic heterocycles. The van der Waals surface area contributed by atoms with Gasteiger partial charge in [-0.25, -0.2) is 0 Å². The molecule has 2 heteroatoms. The van der Waals surface area contributed by atoms with E-state index in [9.17, 15) is 0 Å². The van der Waals surface area contributed by atoms with Crippen LogP contribution < -0.4 is 4.90 Å². The molecule has 0 spiro atoms. The van der Waals surface area contributed by atoms with Crippen LogP contribution in [-0.2, 0) is 0 Å². The molecule has 7 aromatic rings. The van der Waals surface area contributed by atoms with Crippen LogP contribution in [0, 0.1) is 0 Å². The second kappa shape index (κ2) is 7.75. The minimum atomic E-state index is 1.16. The highest BCUT2D eigenvalue weighted by Crippen LogP contribution is 2.43. The normalized spacial score (nSPS) is 11.6. The molecule has 0 saturated heterocycles. The Balaban J connectivity index is 1.67. The van der Waals surface area contributed by atoms with Crippen molar-refractivity contribution in [3.05, 3.63) is 127 Å². The number of nitrogens with zero attached hydrogens (tertiary/aromatic N) is 2. The van der Waals surface area contributed by atoms with E-state index in [1.54, 1.807) is 0 Å². The fraction of sp³-hybridized carbons (Fsp3) is 0.0303. The van der Waals surface area contributed by atoms with Gasteiger partial charge < -0.3 is 9.47 Å². The van der Waals surface area contributed by atoms with Gasteiger partial charge in [0, 0.05) is 40.3 Å². The number of hydrogen-bond acceptors (Lipinski definition) is 1. The Labute approximate surface area is 204 Å². The fourth-order valence-corrected chi connectivity index (χ4v) is 5.52. The first kappa shape index (κ1) is 19.9. The van der Waals surface area contributed by atoms with E-state index in [0.29, 0.717) is 0 Å². The third-order valence-corrected chi connectivity index (χ3v) is 7.17. The Kier molecular flexibility index (Phi) is 4.40. The molecule has 0 aliphatic rings. The predicted molar refractivity (Wildman–Crippen MR) is 150 cm³/mol. The van der Waals surface area contributed by atoms with Gasteiger partial charge in [-0.2, -0.15) is 0 Å². The Hall–Kier alpha value is -4.56. The van der Waals surface area contributed by atoms with E-state index in [4.69, 9.17) is 0 Å². The second-order valence-electron chi connectivity index (χ2n) is 9.08. The summed E-state index contributed by atoms with van der Waals surface area (Å²) < 4.78 is 2.45. The van der Waals surface area contributed by atoms with Crippen LogP contribution in [0.5, 0.6) is 0 Å². The van der Waals surface area contributed by atoms with Crippen molar-refractivity contribution in [3.8, 4) is 5.69 Å². The highest BCUT2D eigenvalue weighted by Gasteiger charge is 2.19. The zero-order chi connectivity index (χ0) is 23.4. The molecule has 7 rings (SSSR count). The quantitative estimate of drug-likeness (QED) is 0.245. The van der Waals surface area contributed by atoms with Crippen LogP contribution >= 0.6 is 0 Å². The molecule has 0 amide bonds. The Morgan fingerprint density at radius 3 is 1.77 bits per heavy atom. The third kappa shape index (κ3) is 2.97. The van der Waals surface area contributed by atoms with Crippen molar-refractivity contribution in [2.45, 2.75) is 0 Å². The molecule has 0 aliphatic carbocycles. The molecule has 2 nitrogen and oxygen atoms in total. The largest absolute Gasteiger partial charge is 0.345 e. The smallest absolute Gasteiger partial charge is 0.0625 e. The Morgan fingerprint density at radius 2 is 1.06 bits per heavy atom. The zero-order valence-electron chi connectivity index (χ0n) is 19.5. The number of aromatic nitrogens is 1. The zero-order valence-corrected chi connectivity index (χ0v) is 19.5. The molecule has 1 heterocycles. The van der Waals surface area contributed by atoms with Crippen molar-refractivity contribution in [3.63, 3.8) is 0 Å². The van der Waals surface area contributed by atoms with E-state index in [1.807, 2.05) is 0 Å². The van der Waals surface area contributed by atoms with E-state index in [2.05, 4.69) is 144 Å². The van der Waals surface area contributed by atoms with Gasteiger partial charge >= 0.3 is 0 Å². The minimum absolute atomic E-state index is 1.16. The summed E-state index contributed by atoms with van der Waals surface area (Å²) in [4.78, 5) is 2.25. The van der Waals surface area contributed by atoms with Gasteiger partial charge in [0.1, 0.15) is 0 Å². The molecule has 0 radical (unpaired) electrons. The van der Waals surface area contributed by atoms with Gasteiger partial charge in [-0.1, -0.05) is 91.0 Å². The number of rotatable bonds is 3. The summed E-state index contributed by atoms with van der Waals surface area (Å²) in [5.41, 5.74) is 5.99. The molecule has 0 saturated carbocycles. The average molecular weight is 449 g/mol. The highest BCUT2D eigenvalue weighted by atomic mass is 15.1. The topological polar surface area (TPSA) is 8.17 Å². The van der Waals surface area contributed by atoms with Gasteiger partial charge in [-0.05, 0) is 52.6 Å². The maximum absolute atomic E-state index is 2.45. The summed E-state index contributed by atoms with van der Waals surface area (Å²) in [5, 5.41) is 7.75. The molecule has 6 aromatic carbocycles. The molecule has 0 N–H and O–H groups in total.